The van der Waals surface area contributed by atoms with Crippen molar-refractivity contribution in [2.75, 3.05) is 33.9 Å². The first-order valence-corrected chi connectivity index (χ1v) is 24.6. The van der Waals surface area contributed by atoms with Crippen molar-refractivity contribution < 1.29 is 73.1 Å². The van der Waals surface area contributed by atoms with Crippen molar-refractivity contribution in [3.63, 3.8) is 0 Å². The molecule has 2 unspecified atom stereocenters. The highest BCUT2D eigenvalue weighted by Crippen LogP contribution is 2.42. The van der Waals surface area contributed by atoms with Gasteiger partial charge in [-0.15, -0.1) is 0 Å². The Morgan fingerprint density at radius 1 is 0.944 bits per heavy atom. The van der Waals surface area contributed by atoms with Gasteiger partial charge in [0.2, 0.25) is 11.7 Å². The van der Waals surface area contributed by atoms with Crippen LogP contribution in [0.1, 0.15) is 114 Å². The Kier molecular flexibility index (Phi) is 20.4. The van der Waals surface area contributed by atoms with Gasteiger partial charge in [0.1, 0.15) is 30.3 Å². The molecule has 4 aliphatic rings. The Hall–Kier alpha value is -4.88. The number of nitrogens with one attached hydrogen (secondary N) is 4. The topological polar surface area (TPSA) is 306 Å². The molecule has 400 valence electrons. The van der Waals surface area contributed by atoms with Gasteiger partial charge in [-0.05, 0) is 96.1 Å². The molecule has 0 aromatic heterocycles. The normalized spacial score (nSPS) is 32.4. The smallest absolute Gasteiger partial charge is 0.331 e. The zero-order chi connectivity index (χ0) is 53.4. The molecule has 4 saturated heterocycles. The summed E-state index contributed by atoms with van der Waals surface area (Å²) in [6.07, 6.45) is -0.710. The summed E-state index contributed by atoms with van der Waals surface area (Å²) in [5.41, 5.74) is 3.98. The zero-order valence-electron chi connectivity index (χ0n) is 43.2. The van der Waals surface area contributed by atoms with Crippen LogP contribution in [0.5, 0.6) is 0 Å². The SMILES string of the molecule is C/C=C(\C)C(=O)C(C)/C=C(\C)C1O[C@@](O)([C@@](O)(CC)C(=O)N[C@@H]2C(=O)N3NCCC[C@@H]3C(=O)N(O)[C@@H](COC)C(=O)N(C)[C@H](C)C(=O)N3NCCC[C@@H]3C(=O)N[C@H]([C@H](C)O)C(=O)O[C@H]2C(C)C)CC[C@@H]1C. The Morgan fingerprint density at radius 2 is 1.54 bits per heavy atom. The van der Waals surface area contributed by atoms with Crippen LogP contribution in [0.4, 0.5) is 0 Å². The van der Waals surface area contributed by atoms with Crippen LogP contribution in [-0.4, -0.2) is 188 Å². The molecule has 23 heteroatoms. The van der Waals surface area contributed by atoms with E-state index >= 15 is 4.79 Å². The molecule has 0 radical (unpaired) electrons. The molecule has 0 aliphatic carbocycles. The minimum atomic E-state index is -2.82. The Labute approximate surface area is 415 Å². The largest absolute Gasteiger partial charge is 0.458 e. The molecule has 4 heterocycles. The molecule has 8 N–H and O–H groups in total. The number of hydrazine groups is 2. The molecule has 4 fully saturated rings. The summed E-state index contributed by atoms with van der Waals surface area (Å²) in [7, 11) is 2.47. The predicted molar refractivity (Wildman–Crippen MR) is 253 cm³/mol. The molecular weight excluding hydrogens is 929 g/mol. The molecule has 13 atom stereocenters. The number of amides is 6. The van der Waals surface area contributed by atoms with E-state index in [9.17, 15) is 54.1 Å². The van der Waals surface area contributed by atoms with Crippen molar-refractivity contribution in [1.82, 2.24) is 41.5 Å². The first-order chi connectivity index (χ1) is 33.2. The third-order valence-electron chi connectivity index (χ3n) is 14.3. The van der Waals surface area contributed by atoms with Crippen molar-refractivity contribution in [1.29, 1.82) is 0 Å². The zero-order valence-corrected chi connectivity index (χ0v) is 43.2. The molecule has 71 heavy (non-hydrogen) atoms. The Bertz CT molecular complexity index is 2050. The molecule has 0 bridgehead atoms. The number of nitrogens with zero attached hydrogens (tertiary/aromatic N) is 4. The number of aliphatic hydroxyl groups is 3. The lowest BCUT2D eigenvalue weighted by molar-refractivity contribution is -0.325. The quantitative estimate of drug-likeness (QED) is 0.0541. The summed E-state index contributed by atoms with van der Waals surface area (Å²) in [5, 5.41) is 54.4. The lowest BCUT2D eigenvalue weighted by Gasteiger charge is -2.49. The summed E-state index contributed by atoms with van der Waals surface area (Å²) in [4.78, 5) is 115. The van der Waals surface area contributed by atoms with E-state index in [-0.39, 0.29) is 62.0 Å². The number of rotatable bonds is 12. The summed E-state index contributed by atoms with van der Waals surface area (Å²) in [6, 6.07) is -9.79. The third kappa shape index (κ3) is 12.7. The van der Waals surface area contributed by atoms with Gasteiger partial charge in [-0.2, -0.15) is 0 Å². The first kappa shape index (κ1) is 58.7. The van der Waals surface area contributed by atoms with Gasteiger partial charge < -0.3 is 45.1 Å². The van der Waals surface area contributed by atoms with Gasteiger partial charge in [0.05, 0.1) is 18.8 Å². The maximum absolute atomic E-state index is 15.3. The highest BCUT2D eigenvalue weighted by Gasteiger charge is 2.59. The van der Waals surface area contributed by atoms with Gasteiger partial charge in [0, 0.05) is 39.6 Å². The molecule has 0 spiro atoms. The molecule has 0 saturated carbocycles. The minimum Gasteiger partial charge on any atom is -0.458 e. The highest BCUT2D eigenvalue weighted by atomic mass is 16.7. The standard InChI is InChI=1S/C48H78N8O15/c1-13-26(5)37(58)28(7)23-29(8)39-27(6)19-20-48(67,71-39)47(66,14-2)46(65)52-36-38(25(3)4)70-45(64)35(31(10)57)51-40(59)32-17-15-21-49-54(32)41(60)30(9)53(11)42(61)34(24-69-12)56(68)43(62)33-18-16-22-50-55(33)44(36)63/h13,23,25,27-28,30-36,38-39,49-50,57,66-68H,14-22,24H2,1-12H3,(H,51,59)(H,52,65)/b26-13+,29-23+/t27-,28?,30+,31-,32+,33+,34-,35+,36-,38-,39?,47+,48+/m0/s1. The number of cyclic esters (lactones) is 1. The maximum atomic E-state index is 15.3. The number of aliphatic hydroxyl groups excluding tert-OH is 1. The monoisotopic (exact) mass is 1010 g/mol. The van der Waals surface area contributed by atoms with Crippen LogP contribution in [0.3, 0.4) is 0 Å². The molecule has 0 aromatic rings. The van der Waals surface area contributed by atoms with Crippen molar-refractivity contribution >= 4 is 47.2 Å². The number of Topliss-reactive ketones (excluding diaryl/α,β-unsaturated/α-hetero) is 1. The van der Waals surface area contributed by atoms with E-state index in [1.54, 1.807) is 39.8 Å². The fourth-order valence-electron chi connectivity index (χ4n) is 9.52. The summed E-state index contributed by atoms with van der Waals surface area (Å²) < 4.78 is 17.5. The number of ether oxygens (including phenoxy) is 3. The maximum Gasteiger partial charge on any atom is 0.331 e. The lowest BCUT2D eigenvalue weighted by Crippen LogP contribution is -2.71. The molecule has 0 aromatic carbocycles. The van der Waals surface area contributed by atoms with Crippen LogP contribution in [0.15, 0.2) is 23.3 Å². The van der Waals surface area contributed by atoms with Gasteiger partial charge in [0.25, 0.3) is 29.5 Å². The van der Waals surface area contributed by atoms with E-state index < -0.39 is 132 Å². The van der Waals surface area contributed by atoms with Crippen LogP contribution >= 0.6 is 0 Å². The van der Waals surface area contributed by atoms with Gasteiger partial charge in [-0.1, -0.05) is 46.8 Å². The number of carbonyl (C=O) groups excluding carboxylic acids is 8. The Balaban J connectivity index is 1.87. The molecule has 4 rings (SSSR count). The van der Waals surface area contributed by atoms with Crippen LogP contribution in [0.2, 0.25) is 0 Å². The fraction of sp³-hybridized carbons (Fsp3) is 0.750. The number of allylic oxidation sites excluding steroid dienone is 3. The van der Waals surface area contributed by atoms with Crippen LogP contribution < -0.4 is 21.5 Å². The number of fused-ring (bicyclic) bond motifs is 2. The van der Waals surface area contributed by atoms with Crippen molar-refractivity contribution in [3.05, 3.63) is 23.3 Å². The van der Waals surface area contributed by atoms with E-state index in [0.717, 1.165) is 14.9 Å². The van der Waals surface area contributed by atoms with Crippen molar-refractivity contribution in [3.8, 4) is 0 Å². The van der Waals surface area contributed by atoms with E-state index in [1.807, 2.05) is 6.92 Å². The van der Waals surface area contributed by atoms with E-state index in [1.165, 1.54) is 48.8 Å². The molecule has 4 aliphatic heterocycles. The summed E-state index contributed by atoms with van der Waals surface area (Å²) in [6.45, 7) is 15.5. The van der Waals surface area contributed by atoms with E-state index in [4.69, 9.17) is 14.2 Å². The number of methoxy groups -OCH3 is 1. The average Bonchev–Trinajstić information content (AvgIpc) is 3.35. The van der Waals surface area contributed by atoms with Crippen molar-refractivity contribution in [2.24, 2.45) is 17.8 Å². The summed E-state index contributed by atoms with van der Waals surface area (Å²) in [5.74, 6) is -12.0. The molecule has 6 amide bonds. The second kappa shape index (κ2) is 24.7. The minimum absolute atomic E-state index is 0.0792. The average molecular weight is 1010 g/mol. The number of hydrogen-bond donors (Lipinski definition) is 8. The number of hydroxylamine groups is 2. The van der Waals surface area contributed by atoms with Crippen LogP contribution in [-0.2, 0) is 52.6 Å². The second-order valence-corrected chi connectivity index (χ2v) is 19.7. The van der Waals surface area contributed by atoms with Crippen LogP contribution in [0.25, 0.3) is 0 Å². The summed E-state index contributed by atoms with van der Waals surface area (Å²) >= 11 is 0. The lowest BCUT2D eigenvalue weighted by atomic mass is 9.78. The van der Waals surface area contributed by atoms with E-state index in [2.05, 4.69) is 21.5 Å². The third-order valence-corrected chi connectivity index (χ3v) is 14.3. The molecular formula is C48H78N8O15. The fourth-order valence-corrected chi connectivity index (χ4v) is 9.52. The van der Waals surface area contributed by atoms with Gasteiger partial charge in [0.15, 0.2) is 23.5 Å². The number of carbonyl (C=O) groups is 8. The highest BCUT2D eigenvalue weighted by molar-refractivity contribution is 5.98. The van der Waals surface area contributed by atoms with Crippen molar-refractivity contribution in [2.45, 2.75) is 180 Å². The Morgan fingerprint density at radius 3 is 2.08 bits per heavy atom. The molecule has 23 nitrogen and oxygen atoms in total. The predicted octanol–water partition coefficient (Wildman–Crippen LogP) is -0.248. The second-order valence-electron chi connectivity index (χ2n) is 19.7. The number of hydrogen-bond acceptors (Lipinski definition) is 17. The number of esters is 1. The first-order valence-electron chi connectivity index (χ1n) is 24.6. The number of ketones is 1. The van der Waals surface area contributed by atoms with Gasteiger partial charge in [-0.3, -0.25) is 48.8 Å². The van der Waals surface area contributed by atoms with Gasteiger partial charge >= 0.3 is 5.97 Å². The van der Waals surface area contributed by atoms with E-state index in [0.29, 0.717) is 17.6 Å². The number of likely N-dealkylation sites (N-methyl/N-ethyl adjacent to an activating group) is 1. The van der Waals surface area contributed by atoms with Gasteiger partial charge in [-0.25, -0.2) is 20.7 Å². The van der Waals surface area contributed by atoms with Crippen LogP contribution in [0, 0.1) is 17.8 Å².